The second kappa shape index (κ2) is 7.38. The molecule has 3 aromatic heterocycles. The number of nitrogens with one attached hydrogen (secondary N) is 1. The number of hydrogen-bond acceptors (Lipinski definition) is 4. The van der Waals surface area contributed by atoms with Crippen LogP contribution in [0.1, 0.15) is 59.7 Å². The minimum Gasteiger partial charge on any atom is -0.300 e. The average Bonchev–Trinajstić information content (AvgIpc) is 3.07. The van der Waals surface area contributed by atoms with E-state index in [1.165, 1.54) is 17.7 Å². The normalized spacial score (nSPS) is 20.2. The molecule has 3 aromatic rings. The minimum absolute atomic E-state index is 0.277. The maximum Gasteiger partial charge on any atom is 0.0683 e. The number of pyridine rings is 2. The first kappa shape index (κ1) is 16.9. The molecule has 0 radical (unpaired) electrons. The Kier molecular flexibility index (Phi) is 4.80. The van der Waals surface area contributed by atoms with Crippen molar-refractivity contribution in [1.82, 2.24) is 25.1 Å². The summed E-state index contributed by atoms with van der Waals surface area (Å²) in [5.41, 5.74) is 5.66. The van der Waals surface area contributed by atoms with Gasteiger partial charge in [-0.25, -0.2) is 0 Å². The Morgan fingerprint density at radius 2 is 1.96 bits per heavy atom. The molecule has 4 rings (SSSR count). The Morgan fingerprint density at radius 3 is 2.77 bits per heavy atom. The van der Waals surface area contributed by atoms with Gasteiger partial charge in [-0.05, 0) is 56.0 Å². The summed E-state index contributed by atoms with van der Waals surface area (Å²) in [5.74, 6) is 0. The molecular weight excluding hydrogens is 322 g/mol. The molecule has 0 aromatic carbocycles. The van der Waals surface area contributed by atoms with Crippen LogP contribution in [0.4, 0.5) is 0 Å². The van der Waals surface area contributed by atoms with Gasteiger partial charge in [0.2, 0.25) is 0 Å². The Bertz CT molecular complexity index is 885. The van der Waals surface area contributed by atoms with Crippen LogP contribution in [0.5, 0.6) is 0 Å². The summed E-state index contributed by atoms with van der Waals surface area (Å²) in [4.78, 5) is 9.53. The van der Waals surface area contributed by atoms with Crippen molar-refractivity contribution in [2.45, 2.75) is 44.7 Å². The standard InChI is InChI=1S/C21H25N5/c1-15-6-5-12-22-21(15)20-10-4-9-19(24-20)18-8-3-7-16(23-18)14-17-11-13-26(2)25-17/h3,5-8,11-13,19-20,24H,4,9-10,14H2,1-2H3. The Labute approximate surface area is 154 Å². The van der Waals surface area contributed by atoms with Gasteiger partial charge in [0.25, 0.3) is 0 Å². The number of rotatable bonds is 4. The predicted octanol–water partition coefficient (Wildman–Crippen LogP) is 3.67. The van der Waals surface area contributed by atoms with Gasteiger partial charge < -0.3 is 5.32 Å². The van der Waals surface area contributed by atoms with Crippen LogP contribution in [-0.4, -0.2) is 19.7 Å². The zero-order valence-electron chi connectivity index (χ0n) is 15.4. The molecule has 2 atom stereocenters. The Hall–Kier alpha value is -2.53. The van der Waals surface area contributed by atoms with E-state index in [0.717, 1.165) is 36.3 Å². The SMILES string of the molecule is Cc1cccnc1C1CCCC(c2cccc(Cc3ccn(C)n3)n2)N1. The van der Waals surface area contributed by atoms with E-state index in [4.69, 9.17) is 4.98 Å². The molecule has 1 fully saturated rings. The molecule has 0 aliphatic carbocycles. The van der Waals surface area contributed by atoms with Crippen molar-refractivity contribution in [3.05, 3.63) is 77.1 Å². The second-order valence-electron chi connectivity index (χ2n) is 7.12. The molecule has 5 heteroatoms. The predicted molar refractivity (Wildman–Crippen MR) is 102 cm³/mol. The van der Waals surface area contributed by atoms with Crippen LogP contribution in [0.3, 0.4) is 0 Å². The zero-order valence-corrected chi connectivity index (χ0v) is 15.4. The number of nitrogens with zero attached hydrogens (tertiary/aromatic N) is 4. The lowest BCUT2D eigenvalue weighted by atomic mass is 9.92. The van der Waals surface area contributed by atoms with Gasteiger partial charge in [-0.15, -0.1) is 0 Å². The molecule has 5 nitrogen and oxygen atoms in total. The van der Waals surface area contributed by atoms with Crippen LogP contribution in [0.2, 0.25) is 0 Å². The quantitative estimate of drug-likeness (QED) is 0.782. The van der Waals surface area contributed by atoms with E-state index in [9.17, 15) is 0 Å². The molecular formula is C21H25N5. The monoisotopic (exact) mass is 347 g/mol. The van der Waals surface area contributed by atoms with Gasteiger partial charge in [-0.3, -0.25) is 14.6 Å². The summed E-state index contributed by atoms with van der Waals surface area (Å²) in [7, 11) is 1.94. The zero-order chi connectivity index (χ0) is 17.9. The van der Waals surface area contributed by atoms with E-state index in [0.29, 0.717) is 6.04 Å². The van der Waals surface area contributed by atoms with E-state index in [1.54, 1.807) is 0 Å². The van der Waals surface area contributed by atoms with Crippen molar-refractivity contribution in [3.8, 4) is 0 Å². The average molecular weight is 347 g/mol. The van der Waals surface area contributed by atoms with Crippen LogP contribution in [0.15, 0.2) is 48.8 Å². The van der Waals surface area contributed by atoms with E-state index in [1.807, 2.05) is 36.3 Å². The van der Waals surface area contributed by atoms with Crippen LogP contribution in [0, 0.1) is 6.92 Å². The van der Waals surface area contributed by atoms with Gasteiger partial charge in [0.05, 0.1) is 23.1 Å². The first-order chi connectivity index (χ1) is 12.7. The van der Waals surface area contributed by atoms with Crippen molar-refractivity contribution >= 4 is 0 Å². The van der Waals surface area contributed by atoms with Crippen LogP contribution >= 0.6 is 0 Å². The summed E-state index contributed by atoms with van der Waals surface area (Å²) in [6.07, 6.45) is 8.06. The van der Waals surface area contributed by atoms with Gasteiger partial charge in [-0.2, -0.15) is 5.10 Å². The first-order valence-electron chi connectivity index (χ1n) is 9.31. The molecule has 0 saturated carbocycles. The molecule has 1 aliphatic rings. The topological polar surface area (TPSA) is 55.6 Å². The lowest BCUT2D eigenvalue weighted by molar-refractivity contribution is 0.320. The highest BCUT2D eigenvalue weighted by molar-refractivity contribution is 5.24. The van der Waals surface area contributed by atoms with Gasteiger partial charge in [0.1, 0.15) is 0 Å². The number of aromatic nitrogens is 4. The van der Waals surface area contributed by atoms with E-state index in [-0.39, 0.29) is 6.04 Å². The molecule has 26 heavy (non-hydrogen) atoms. The molecule has 1 saturated heterocycles. The molecule has 134 valence electrons. The van der Waals surface area contributed by atoms with Crippen molar-refractivity contribution in [1.29, 1.82) is 0 Å². The molecule has 0 bridgehead atoms. The maximum absolute atomic E-state index is 4.92. The third kappa shape index (κ3) is 3.68. The van der Waals surface area contributed by atoms with E-state index in [2.05, 4.69) is 46.6 Å². The van der Waals surface area contributed by atoms with Crippen molar-refractivity contribution in [2.75, 3.05) is 0 Å². The highest BCUT2D eigenvalue weighted by Crippen LogP contribution is 2.32. The summed E-state index contributed by atoms with van der Waals surface area (Å²) in [6.45, 7) is 2.14. The summed E-state index contributed by atoms with van der Waals surface area (Å²) < 4.78 is 1.83. The maximum atomic E-state index is 4.92. The molecule has 4 heterocycles. The van der Waals surface area contributed by atoms with Crippen LogP contribution < -0.4 is 5.32 Å². The van der Waals surface area contributed by atoms with Crippen molar-refractivity contribution in [2.24, 2.45) is 7.05 Å². The lowest BCUT2D eigenvalue weighted by Gasteiger charge is -2.31. The smallest absolute Gasteiger partial charge is 0.0683 e. The Morgan fingerprint density at radius 1 is 1.08 bits per heavy atom. The van der Waals surface area contributed by atoms with Crippen molar-refractivity contribution < 1.29 is 0 Å². The van der Waals surface area contributed by atoms with Gasteiger partial charge >= 0.3 is 0 Å². The summed E-state index contributed by atoms with van der Waals surface area (Å²) >= 11 is 0. The van der Waals surface area contributed by atoms with Gasteiger partial charge in [0.15, 0.2) is 0 Å². The van der Waals surface area contributed by atoms with Gasteiger partial charge in [-0.1, -0.05) is 12.1 Å². The number of aryl methyl sites for hydroxylation is 2. The second-order valence-corrected chi connectivity index (χ2v) is 7.12. The Balaban J connectivity index is 1.52. The fourth-order valence-corrected chi connectivity index (χ4v) is 3.78. The third-order valence-corrected chi connectivity index (χ3v) is 5.08. The fourth-order valence-electron chi connectivity index (χ4n) is 3.78. The number of piperidine rings is 1. The highest BCUT2D eigenvalue weighted by Gasteiger charge is 2.26. The van der Waals surface area contributed by atoms with Gasteiger partial charge in [0, 0.05) is 37.6 Å². The molecule has 1 aliphatic heterocycles. The summed E-state index contributed by atoms with van der Waals surface area (Å²) in [6, 6.07) is 13.1. The number of hydrogen-bond donors (Lipinski definition) is 1. The molecule has 2 unspecified atom stereocenters. The third-order valence-electron chi connectivity index (χ3n) is 5.08. The molecule has 0 spiro atoms. The lowest BCUT2D eigenvalue weighted by Crippen LogP contribution is -2.32. The van der Waals surface area contributed by atoms with Crippen LogP contribution in [-0.2, 0) is 13.5 Å². The van der Waals surface area contributed by atoms with Crippen LogP contribution in [0.25, 0.3) is 0 Å². The minimum atomic E-state index is 0.277. The van der Waals surface area contributed by atoms with Crippen molar-refractivity contribution in [3.63, 3.8) is 0 Å². The highest BCUT2D eigenvalue weighted by atomic mass is 15.2. The van der Waals surface area contributed by atoms with E-state index < -0.39 is 0 Å². The molecule has 0 amide bonds. The van der Waals surface area contributed by atoms with E-state index >= 15 is 0 Å². The molecule has 1 N–H and O–H groups in total. The fraction of sp³-hybridized carbons (Fsp3) is 0.381. The first-order valence-corrected chi connectivity index (χ1v) is 9.31. The summed E-state index contributed by atoms with van der Waals surface area (Å²) in [5, 5.41) is 8.24. The largest absolute Gasteiger partial charge is 0.300 e.